The Hall–Kier alpha value is -4.25. The molecule has 1 fully saturated rings. The number of rotatable bonds is 8. The van der Waals surface area contributed by atoms with Crippen LogP contribution in [0.25, 0.3) is 11.0 Å². The fourth-order valence-corrected chi connectivity index (χ4v) is 5.83. The Bertz CT molecular complexity index is 1570. The van der Waals surface area contributed by atoms with Crippen molar-refractivity contribution in [1.82, 2.24) is 24.7 Å². The first-order valence-electron chi connectivity index (χ1n) is 13.9. The van der Waals surface area contributed by atoms with Crippen molar-refractivity contribution in [3.63, 3.8) is 0 Å². The number of H-pyrrole nitrogens is 1. The van der Waals surface area contributed by atoms with Gasteiger partial charge in [0.1, 0.15) is 0 Å². The first-order chi connectivity index (χ1) is 19.8. The van der Waals surface area contributed by atoms with E-state index in [0.717, 1.165) is 38.3 Å². The predicted octanol–water partition coefficient (Wildman–Crippen LogP) is 3.53. The highest BCUT2D eigenvalue weighted by Crippen LogP contribution is 2.43. The molecular formula is C31H34N6O4. The highest BCUT2D eigenvalue weighted by Gasteiger charge is 2.49. The van der Waals surface area contributed by atoms with Crippen molar-refractivity contribution in [3.05, 3.63) is 95.1 Å². The molecule has 1 unspecified atom stereocenters. The third-order valence-corrected chi connectivity index (χ3v) is 8.16. The number of nitrogens with one attached hydrogen (secondary N) is 1. The topological polar surface area (TPSA) is 116 Å². The molecule has 1 atom stereocenters. The van der Waals surface area contributed by atoms with Crippen LogP contribution in [0, 0.1) is 0 Å². The van der Waals surface area contributed by atoms with Crippen LogP contribution in [0.3, 0.4) is 0 Å². The Labute approximate surface area is 238 Å². The number of fused-ring (bicyclic) bond motifs is 2. The lowest BCUT2D eigenvalue weighted by atomic mass is 9.93. The number of carboxylic acid groups (broad SMARTS) is 1. The normalized spacial score (nSPS) is 19.6. The van der Waals surface area contributed by atoms with Gasteiger partial charge < -0.3 is 25.0 Å². The fraction of sp³-hybridized carbons (Fsp3) is 0.323. The first kappa shape index (κ1) is 26.9. The Balaban J connectivity index is 1.29. The number of amides is 2. The van der Waals surface area contributed by atoms with Crippen molar-refractivity contribution in [2.75, 3.05) is 51.2 Å². The number of piperazine rings is 1. The van der Waals surface area contributed by atoms with Crippen LogP contribution < -0.4 is 4.90 Å². The van der Waals surface area contributed by atoms with Crippen LogP contribution in [0.1, 0.15) is 33.5 Å². The van der Waals surface area contributed by atoms with Gasteiger partial charge >= 0.3 is 6.09 Å². The Morgan fingerprint density at radius 3 is 2.51 bits per heavy atom. The van der Waals surface area contributed by atoms with Gasteiger partial charge in [0.2, 0.25) is 5.95 Å². The summed E-state index contributed by atoms with van der Waals surface area (Å²) in [7, 11) is 2.11. The average Bonchev–Trinajstić information content (AvgIpc) is 3.50. The number of carbonyl (C=O) groups is 2. The average molecular weight is 555 g/mol. The number of nitrogens with zero attached hydrogens (tertiary/aromatic N) is 5. The summed E-state index contributed by atoms with van der Waals surface area (Å²) in [6.45, 7) is 5.33. The van der Waals surface area contributed by atoms with Gasteiger partial charge in [-0.15, -0.1) is 0 Å². The van der Waals surface area contributed by atoms with Gasteiger partial charge in [0, 0.05) is 56.0 Å². The summed E-state index contributed by atoms with van der Waals surface area (Å²) in [5.41, 5.74) is 1.79. The van der Waals surface area contributed by atoms with E-state index in [0.29, 0.717) is 40.7 Å². The second-order valence-corrected chi connectivity index (χ2v) is 10.8. The SMILES string of the molecule is CN1CCN(CCCN(C(=O)O)c2nc3ccc(C4(O)c5ccccc5C(=O)N4Cc4ccccc4)cc3[nH]2)CC1. The molecule has 3 aromatic carbocycles. The molecule has 41 heavy (non-hydrogen) atoms. The van der Waals surface area contributed by atoms with E-state index < -0.39 is 11.8 Å². The Morgan fingerprint density at radius 1 is 1.02 bits per heavy atom. The number of carbonyl (C=O) groups excluding carboxylic acids is 1. The van der Waals surface area contributed by atoms with Crippen molar-refractivity contribution >= 4 is 29.0 Å². The Morgan fingerprint density at radius 2 is 1.76 bits per heavy atom. The molecule has 3 N–H and O–H groups in total. The zero-order chi connectivity index (χ0) is 28.6. The summed E-state index contributed by atoms with van der Waals surface area (Å²) >= 11 is 0. The van der Waals surface area contributed by atoms with Gasteiger partial charge in [-0.2, -0.15) is 0 Å². The maximum absolute atomic E-state index is 13.5. The molecule has 1 aromatic heterocycles. The zero-order valence-corrected chi connectivity index (χ0v) is 23.0. The van der Waals surface area contributed by atoms with E-state index in [1.54, 1.807) is 36.4 Å². The second kappa shape index (κ2) is 11.0. The van der Waals surface area contributed by atoms with Crippen molar-refractivity contribution in [3.8, 4) is 0 Å². The molecule has 212 valence electrons. The second-order valence-electron chi connectivity index (χ2n) is 10.8. The standard InChI is InChI=1S/C31H34N6O4/c1-34-16-18-35(19-17-34)14-7-15-36(30(39)40)29-32-26-13-12-23(20-27(26)33-29)31(41)25-11-6-5-10-24(25)28(38)37(31)21-22-8-3-2-4-9-22/h2-6,8-13,20,41H,7,14-19,21H2,1H3,(H,32,33)(H,39,40). The van der Waals surface area contributed by atoms with Gasteiger partial charge in [0.15, 0.2) is 5.72 Å². The van der Waals surface area contributed by atoms with Crippen molar-refractivity contribution < 1.29 is 19.8 Å². The molecular weight excluding hydrogens is 520 g/mol. The molecule has 2 amide bonds. The van der Waals surface area contributed by atoms with Crippen LogP contribution in [-0.2, 0) is 12.3 Å². The zero-order valence-electron chi connectivity index (χ0n) is 23.0. The summed E-state index contributed by atoms with van der Waals surface area (Å²) in [5.74, 6) is -0.0196. The number of aromatic amines is 1. The highest BCUT2D eigenvalue weighted by atomic mass is 16.4. The molecule has 0 aliphatic carbocycles. The van der Waals surface area contributed by atoms with Crippen molar-refractivity contribution in [2.45, 2.75) is 18.7 Å². The van der Waals surface area contributed by atoms with Gasteiger partial charge in [0.05, 0.1) is 11.0 Å². The van der Waals surface area contributed by atoms with Crippen LogP contribution in [0.5, 0.6) is 0 Å². The van der Waals surface area contributed by atoms with E-state index in [2.05, 4.69) is 26.8 Å². The quantitative estimate of drug-likeness (QED) is 0.305. The molecule has 0 bridgehead atoms. The smallest absolute Gasteiger partial charge is 0.414 e. The number of likely N-dealkylation sites (N-methyl/N-ethyl adjacent to an activating group) is 1. The molecule has 3 heterocycles. The lowest BCUT2D eigenvalue weighted by molar-refractivity contribution is -0.0542. The van der Waals surface area contributed by atoms with Gasteiger partial charge in [-0.3, -0.25) is 9.69 Å². The maximum atomic E-state index is 13.5. The predicted molar refractivity (Wildman–Crippen MR) is 156 cm³/mol. The van der Waals surface area contributed by atoms with Crippen LogP contribution >= 0.6 is 0 Å². The molecule has 10 heteroatoms. The molecule has 2 aliphatic heterocycles. The molecule has 4 aromatic rings. The number of aromatic nitrogens is 2. The summed E-state index contributed by atoms with van der Waals surface area (Å²) in [6.07, 6.45) is -0.392. The maximum Gasteiger partial charge on any atom is 0.414 e. The number of hydrogen-bond acceptors (Lipinski definition) is 6. The summed E-state index contributed by atoms with van der Waals surface area (Å²) < 4.78 is 0. The first-order valence-corrected chi connectivity index (χ1v) is 13.9. The third-order valence-electron chi connectivity index (χ3n) is 8.16. The van der Waals surface area contributed by atoms with Gasteiger partial charge in [-0.25, -0.2) is 14.7 Å². The molecule has 0 saturated carbocycles. The minimum absolute atomic E-state index is 0.219. The van der Waals surface area contributed by atoms with E-state index in [-0.39, 0.29) is 18.4 Å². The van der Waals surface area contributed by atoms with Crippen molar-refractivity contribution in [1.29, 1.82) is 0 Å². The lowest BCUT2D eigenvalue weighted by Gasteiger charge is -2.35. The summed E-state index contributed by atoms with van der Waals surface area (Å²) in [4.78, 5) is 40.8. The molecule has 10 nitrogen and oxygen atoms in total. The number of imidazole rings is 1. The van der Waals surface area contributed by atoms with E-state index in [9.17, 15) is 19.8 Å². The Kier molecular flexibility index (Phi) is 7.21. The van der Waals surface area contributed by atoms with Gasteiger partial charge in [-0.1, -0.05) is 54.6 Å². The van der Waals surface area contributed by atoms with E-state index in [4.69, 9.17) is 0 Å². The number of benzene rings is 3. The highest BCUT2D eigenvalue weighted by molar-refractivity contribution is 6.00. The number of aliphatic hydroxyl groups is 1. The molecule has 0 radical (unpaired) electrons. The van der Waals surface area contributed by atoms with E-state index >= 15 is 0 Å². The van der Waals surface area contributed by atoms with Gasteiger partial charge in [0.25, 0.3) is 5.91 Å². The van der Waals surface area contributed by atoms with Crippen LogP contribution in [0.4, 0.5) is 10.7 Å². The summed E-state index contributed by atoms with van der Waals surface area (Å²) in [6, 6.07) is 21.9. The fourth-order valence-electron chi connectivity index (χ4n) is 5.83. The number of hydrogen-bond donors (Lipinski definition) is 3. The third kappa shape index (κ3) is 5.06. The lowest BCUT2D eigenvalue weighted by Crippen LogP contribution is -2.45. The van der Waals surface area contributed by atoms with Gasteiger partial charge in [-0.05, 0) is 43.8 Å². The van der Waals surface area contributed by atoms with E-state index in [1.165, 1.54) is 9.80 Å². The number of anilines is 1. The minimum atomic E-state index is -1.71. The van der Waals surface area contributed by atoms with Crippen LogP contribution in [0.15, 0.2) is 72.8 Å². The molecule has 1 saturated heterocycles. The minimum Gasteiger partial charge on any atom is -0.465 e. The monoisotopic (exact) mass is 554 g/mol. The van der Waals surface area contributed by atoms with Crippen LogP contribution in [0.2, 0.25) is 0 Å². The molecule has 6 rings (SSSR count). The van der Waals surface area contributed by atoms with E-state index in [1.807, 2.05) is 36.4 Å². The summed E-state index contributed by atoms with van der Waals surface area (Å²) in [5, 5.41) is 22.3. The largest absolute Gasteiger partial charge is 0.465 e. The van der Waals surface area contributed by atoms with Crippen molar-refractivity contribution in [2.24, 2.45) is 0 Å². The van der Waals surface area contributed by atoms with Crippen LogP contribution in [-0.4, -0.2) is 93.2 Å². The molecule has 2 aliphatic rings. The molecule has 0 spiro atoms.